The van der Waals surface area contributed by atoms with Crippen LogP contribution in [-0.2, 0) is 10.2 Å². The molecule has 19 heavy (non-hydrogen) atoms. The van der Waals surface area contributed by atoms with Gasteiger partial charge < -0.3 is 15.3 Å². The van der Waals surface area contributed by atoms with E-state index in [4.69, 9.17) is 5.26 Å². The molecule has 0 atom stereocenters. The third-order valence-electron chi connectivity index (χ3n) is 3.87. The second-order valence-electron chi connectivity index (χ2n) is 4.95. The van der Waals surface area contributed by atoms with Gasteiger partial charge >= 0.3 is 5.97 Å². The summed E-state index contributed by atoms with van der Waals surface area (Å²) in [5.41, 5.74) is -0.935. The molecule has 3 N–H and O–H groups in total. The topological polar surface area (TPSA) is 102 Å². The van der Waals surface area contributed by atoms with Gasteiger partial charge in [0.05, 0.1) is 11.0 Å². The first-order valence-corrected chi connectivity index (χ1v) is 6.21. The summed E-state index contributed by atoms with van der Waals surface area (Å²) in [5.74, 6) is -1.59. The number of aromatic hydroxyl groups is 2. The maximum atomic E-state index is 11.7. The molecule has 0 radical (unpaired) electrons. The Morgan fingerprint density at radius 1 is 1.16 bits per heavy atom. The van der Waals surface area contributed by atoms with Crippen molar-refractivity contribution in [2.24, 2.45) is 0 Å². The van der Waals surface area contributed by atoms with Crippen molar-refractivity contribution in [3.05, 3.63) is 23.3 Å². The molecule has 1 fully saturated rings. The van der Waals surface area contributed by atoms with E-state index in [1.165, 1.54) is 6.07 Å². The summed E-state index contributed by atoms with van der Waals surface area (Å²) in [6.07, 6.45) is 3.39. The molecule has 1 aliphatic rings. The molecule has 1 aromatic rings. The molecule has 5 nitrogen and oxygen atoms in total. The van der Waals surface area contributed by atoms with Gasteiger partial charge in [-0.2, -0.15) is 5.26 Å². The van der Waals surface area contributed by atoms with Gasteiger partial charge in [0.1, 0.15) is 17.6 Å². The maximum Gasteiger partial charge on any atom is 0.314 e. The maximum absolute atomic E-state index is 11.7. The summed E-state index contributed by atoms with van der Waals surface area (Å²) in [7, 11) is 0. The standard InChI is InChI=1S/C14H15NO4/c15-8-9-6-10(12(17)7-11(9)16)14(13(18)19)4-2-1-3-5-14/h6-7,16-17H,1-5H2,(H,18,19). The van der Waals surface area contributed by atoms with Crippen LogP contribution < -0.4 is 0 Å². The van der Waals surface area contributed by atoms with Crippen molar-refractivity contribution in [1.29, 1.82) is 5.26 Å². The molecule has 0 saturated heterocycles. The van der Waals surface area contributed by atoms with Gasteiger partial charge in [-0.3, -0.25) is 4.79 Å². The lowest BCUT2D eigenvalue weighted by molar-refractivity contribution is -0.145. The first-order chi connectivity index (χ1) is 9.01. The minimum Gasteiger partial charge on any atom is -0.507 e. The van der Waals surface area contributed by atoms with Crippen LogP contribution in [0.2, 0.25) is 0 Å². The molecule has 100 valence electrons. The smallest absolute Gasteiger partial charge is 0.314 e. The van der Waals surface area contributed by atoms with E-state index < -0.39 is 11.4 Å². The number of benzene rings is 1. The molecular weight excluding hydrogens is 246 g/mol. The summed E-state index contributed by atoms with van der Waals surface area (Å²) in [6.45, 7) is 0. The lowest BCUT2D eigenvalue weighted by Gasteiger charge is -2.34. The third-order valence-corrected chi connectivity index (χ3v) is 3.87. The predicted octanol–water partition coefficient (Wildman–Crippen LogP) is 2.26. The normalized spacial score (nSPS) is 17.6. The Kier molecular flexibility index (Phi) is 3.34. The van der Waals surface area contributed by atoms with Crippen molar-refractivity contribution in [2.45, 2.75) is 37.5 Å². The van der Waals surface area contributed by atoms with Gasteiger partial charge in [-0.15, -0.1) is 0 Å². The number of aliphatic carboxylic acids is 1. The van der Waals surface area contributed by atoms with Crippen molar-refractivity contribution in [2.75, 3.05) is 0 Å². The highest BCUT2D eigenvalue weighted by Crippen LogP contribution is 2.44. The Balaban J connectivity index is 2.60. The van der Waals surface area contributed by atoms with E-state index in [-0.39, 0.29) is 22.6 Å². The molecule has 1 saturated carbocycles. The Labute approximate surface area is 110 Å². The quantitative estimate of drug-likeness (QED) is 0.757. The molecular formula is C14H15NO4. The van der Waals surface area contributed by atoms with Crippen LogP contribution in [0.4, 0.5) is 0 Å². The molecule has 1 aromatic carbocycles. The number of carboxylic acid groups (broad SMARTS) is 1. The van der Waals surface area contributed by atoms with Gasteiger partial charge in [0.15, 0.2) is 0 Å². The molecule has 0 aromatic heterocycles. The van der Waals surface area contributed by atoms with Gasteiger partial charge in [0, 0.05) is 11.6 Å². The highest BCUT2D eigenvalue weighted by atomic mass is 16.4. The predicted molar refractivity (Wildman–Crippen MR) is 66.9 cm³/mol. The minimum absolute atomic E-state index is 0.0148. The molecule has 2 rings (SSSR count). The van der Waals surface area contributed by atoms with Gasteiger partial charge in [-0.25, -0.2) is 0 Å². The number of nitrogens with zero attached hydrogens (tertiary/aromatic N) is 1. The Bertz CT molecular complexity index is 553. The van der Waals surface area contributed by atoms with Gasteiger partial charge in [0.25, 0.3) is 0 Å². The minimum atomic E-state index is -1.15. The number of hydrogen-bond acceptors (Lipinski definition) is 4. The second kappa shape index (κ2) is 4.81. The Hall–Kier alpha value is -2.22. The van der Waals surface area contributed by atoms with E-state index in [1.54, 1.807) is 6.07 Å². The van der Waals surface area contributed by atoms with E-state index in [0.29, 0.717) is 12.8 Å². The van der Waals surface area contributed by atoms with E-state index in [1.807, 2.05) is 0 Å². The number of nitriles is 1. The largest absolute Gasteiger partial charge is 0.507 e. The third kappa shape index (κ3) is 2.10. The lowest BCUT2D eigenvalue weighted by atomic mass is 9.69. The van der Waals surface area contributed by atoms with Crippen molar-refractivity contribution >= 4 is 5.97 Å². The Morgan fingerprint density at radius 3 is 2.32 bits per heavy atom. The van der Waals surface area contributed by atoms with E-state index in [9.17, 15) is 20.1 Å². The van der Waals surface area contributed by atoms with Crippen LogP contribution in [0.5, 0.6) is 11.5 Å². The summed E-state index contributed by atoms with van der Waals surface area (Å²) in [5, 5.41) is 37.9. The zero-order valence-corrected chi connectivity index (χ0v) is 10.4. The van der Waals surface area contributed by atoms with Crippen molar-refractivity contribution in [1.82, 2.24) is 0 Å². The summed E-state index contributed by atoms with van der Waals surface area (Å²) in [4.78, 5) is 11.7. The fourth-order valence-electron chi connectivity index (χ4n) is 2.80. The zero-order chi connectivity index (χ0) is 14.0. The van der Waals surface area contributed by atoms with Crippen LogP contribution >= 0.6 is 0 Å². The molecule has 0 spiro atoms. The average molecular weight is 261 g/mol. The van der Waals surface area contributed by atoms with Crippen molar-refractivity contribution in [3.8, 4) is 17.6 Å². The van der Waals surface area contributed by atoms with E-state index in [2.05, 4.69) is 0 Å². The van der Waals surface area contributed by atoms with Crippen LogP contribution in [0, 0.1) is 11.3 Å². The van der Waals surface area contributed by atoms with Crippen molar-refractivity contribution in [3.63, 3.8) is 0 Å². The number of phenolic OH excluding ortho intramolecular Hbond substituents is 2. The van der Waals surface area contributed by atoms with Gasteiger partial charge in [0.2, 0.25) is 0 Å². The van der Waals surface area contributed by atoms with Crippen LogP contribution in [0.1, 0.15) is 43.2 Å². The number of hydrogen-bond donors (Lipinski definition) is 3. The zero-order valence-electron chi connectivity index (χ0n) is 10.4. The molecule has 0 aliphatic heterocycles. The first kappa shape index (κ1) is 13.2. The Morgan fingerprint density at radius 2 is 1.79 bits per heavy atom. The molecule has 0 bridgehead atoms. The number of carboxylic acids is 1. The van der Waals surface area contributed by atoms with Gasteiger partial charge in [-0.1, -0.05) is 19.3 Å². The molecule has 0 amide bonds. The summed E-state index contributed by atoms with van der Waals surface area (Å²) >= 11 is 0. The van der Waals surface area contributed by atoms with Crippen LogP contribution in [0.25, 0.3) is 0 Å². The average Bonchev–Trinajstić information content (AvgIpc) is 2.39. The van der Waals surface area contributed by atoms with Crippen LogP contribution in [-0.4, -0.2) is 21.3 Å². The number of phenols is 2. The monoisotopic (exact) mass is 261 g/mol. The van der Waals surface area contributed by atoms with E-state index >= 15 is 0 Å². The molecule has 0 heterocycles. The highest BCUT2D eigenvalue weighted by Gasteiger charge is 2.43. The number of rotatable bonds is 2. The molecule has 1 aliphatic carbocycles. The molecule has 0 unspecified atom stereocenters. The molecule has 5 heteroatoms. The van der Waals surface area contributed by atoms with Crippen LogP contribution in [0.15, 0.2) is 12.1 Å². The fraction of sp³-hybridized carbons (Fsp3) is 0.429. The van der Waals surface area contributed by atoms with Gasteiger partial charge in [-0.05, 0) is 18.9 Å². The van der Waals surface area contributed by atoms with Crippen LogP contribution in [0.3, 0.4) is 0 Å². The van der Waals surface area contributed by atoms with E-state index in [0.717, 1.165) is 25.3 Å². The first-order valence-electron chi connectivity index (χ1n) is 6.21. The lowest BCUT2D eigenvalue weighted by Crippen LogP contribution is -2.38. The summed E-state index contributed by atoms with van der Waals surface area (Å²) in [6, 6.07) is 4.15. The summed E-state index contributed by atoms with van der Waals surface area (Å²) < 4.78 is 0. The fourth-order valence-corrected chi connectivity index (χ4v) is 2.80. The SMILES string of the molecule is N#Cc1cc(C2(C(=O)O)CCCCC2)c(O)cc1O. The number of carbonyl (C=O) groups is 1. The highest BCUT2D eigenvalue weighted by molar-refractivity contribution is 5.83. The van der Waals surface area contributed by atoms with Crippen molar-refractivity contribution < 1.29 is 20.1 Å². The second-order valence-corrected chi connectivity index (χ2v) is 4.95.